The third-order valence-electron chi connectivity index (χ3n) is 7.92. The van der Waals surface area contributed by atoms with Gasteiger partial charge in [0.05, 0.1) is 16.9 Å². The molecule has 4 nitrogen and oxygen atoms in total. The van der Waals surface area contributed by atoms with Gasteiger partial charge in [-0.1, -0.05) is 48.6 Å². The van der Waals surface area contributed by atoms with Gasteiger partial charge in [-0.05, 0) is 55.8 Å². The van der Waals surface area contributed by atoms with Crippen LogP contribution in [-0.2, 0) is 22.5 Å². The number of hydrogen-bond donors (Lipinski definition) is 0. The second kappa shape index (κ2) is 9.02. The number of Topliss-reactive ketones (excluding diaryl/α,β-unsaturated/α-hetero) is 1. The van der Waals surface area contributed by atoms with Crippen molar-refractivity contribution < 1.29 is 35.9 Å². The molecule has 0 spiro atoms. The molecule has 4 bridgehead atoms. The molecule has 4 saturated carbocycles. The Morgan fingerprint density at radius 3 is 2.47 bits per heavy atom. The molecule has 2 aromatic rings. The van der Waals surface area contributed by atoms with Crippen molar-refractivity contribution in [1.82, 2.24) is 0 Å². The Kier molecular flexibility index (Phi) is 6.66. The highest BCUT2D eigenvalue weighted by atomic mass is 79.9. The molecule has 4 fully saturated rings. The van der Waals surface area contributed by atoms with E-state index >= 15 is 0 Å². The third kappa shape index (κ3) is 4.45. The number of hydrogen-bond acceptors (Lipinski definition) is 4. The molecule has 0 aliphatic heterocycles. The number of benzene rings is 1. The molecule has 4 aliphatic carbocycles. The van der Waals surface area contributed by atoms with Gasteiger partial charge in [0.25, 0.3) is 0 Å². The highest BCUT2D eigenvalue weighted by molar-refractivity contribution is 7.09. The van der Waals surface area contributed by atoms with E-state index in [1.54, 1.807) is 11.3 Å². The molecule has 1 aromatic carbocycles. The minimum atomic E-state index is -0.217. The van der Waals surface area contributed by atoms with Gasteiger partial charge < -0.3 is 21.7 Å². The molecule has 1 heterocycles. The fourth-order valence-electron chi connectivity index (χ4n) is 7.07. The van der Waals surface area contributed by atoms with E-state index in [9.17, 15) is 9.59 Å². The van der Waals surface area contributed by atoms with E-state index in [4.69, 9.17) is 4.74 Å². The number of aromatic nitrogens is 1. The molecule has 0 N–H and O–H groups in total. The quantitative estimate of drug-likeness (QED) is 0.320. The zero-order valence-corrected chi connectivity index (χ0v) is 21.3. The first-order valence-corrected chi connectivity index (χ1v) is 12.5. The minimum Gasteiger partial charge on any atom is -1.00 e. The lowest BCUT2D eigenvalue weighted by Gasteiger charge is -2.59. The monoisotopic (exact) mass is 517 g/mol. The van der Waals surface area contributed by atoms with Crippen molar-refractivity contribution in [3.8, 4) is 0 Å². The second-order valence-electron chi connectivity index (χ2n) is 10.6. The Morgan fingerprint density at radius 1 is 1.12 bits per heavy atom. The van der Waals surface area contributed by atoms with E-state index in [-0.39, 0.29) is 34.1 Å². The zero-order chi connectivity index (χ0) is 21.6. The summed E-state index contributed by atoms with van der Waals surface area (Å²) in [7, 11) is 0. The molecule has 0 radical (unpaired) electrons. The highest BCUT2D eigenvalue weighted by Crippen LogP contribution is 2.65. The van der Waals surface area contributed by atoms with Gasteiger partial charge in [0.15, 0.2) is 5.69 Å². The van der Waals surface area contributed by atoms with Gasteiger partial charge in [-0.25, -0.2) is 0 Å². The Labute approximate surface area is 205 Å². The average molecular weight is 519 g/mol. The minimum absolute atomic E-state index is 0. The summed E-state index contributed by atoms with van der Waals surface area (Å²) in [6.45, 7) is 5.21. The van der Waals surface area contributed by atoms with E-state index in [0.29, 0.717) is 18.6 Å². The van der Waals surface area contributed by atoms with Crippen LogP contribution in [0.2, 0.25) is 0 Å². The number of nitrogens with zero attached hydrogens (tertiary/aromatic N) is 1. The van der Waals surface area contributed by atoms with Gasteiger partial charge in [-0.15, -0.1) is 0 Å². The fourth-order valence-corrected chi connectivity index (χ4v) is 8.04. The van der Waals surface area contributed by atoms with E-state index in [2.05, 4.69) is 6.92 Å². The Bertz CT molecular complexity index is 988. The predicted molar refractivity (Wildman–Crippen MR) is 120 cm³/mol. The van der Waals surface area contributed by atoms with Gasteiger partial charge in [0.2, 0.25) is 17.8 Å². The smallest absolute Gasteiger partial charge is 0.312 e. The second-order valence-corrected chi connectivity index (χ2v) is 11.5. The standard InChI is InChI=1S/C26H32NO3S.BrH/c1-18-23(31-17-27(18)15-22(28)21-6-4-3-5-7-21)8-9-30-24(29)26-13-19-10-20(14-26)12-25(2,11-19)16-26;/h3-7,17,19-20H,8-16H2,1-2H3;1H/q+1;/p-1. The van der Waals surface area contributed by atoms with E-state index in [0.717, 1.165) is 48.8 Å². The topological polar surface area (TPSA) is 47.2 Å². The Balaban J connectivity index is 0.00000245. The summed E-state index contributed by atoms with van der Waals surface area (Å²) in [5.41, 5.74) is 3.97. The van der Waals surface area contributed by atoms with Crippen molar-refractivity contribution in [2.24, 2.45) is 22.7 Å². The van der Waals surface area contributed by atoms with Gasteiger partial charge in [0.1, 0.15) is 0 Å². The lowest BCUT2D eigenvalue weighted by Crippen LogP contribution is -3.00. The summed E-state index contributed by atoms with van der Waals surface area (Å²) >= 11 is 1.64. The summed E-state index contributed by atoms with van der Waals surface area (Å²) in [6.07, 6.45) is 7.74. The average Bonchev–Trinajstić information content (AvgIpc) is 3.06. The molecule has 172 valence electrons. The summed E-state index contributed by atoms with van der Waals surface area (Å²) in [4.78, 5) is 26.9. The maximum Gasteiger partial charge on any atom is 0.312 e. The molecular weight excluding hydrogens is 486 g/mol. The van der Waals surface area contributed by atoms with Crippen LogP contribution < -0.4 is 21.5 Å². The van der Waals surface area contributed by atoms with Crippen LogP contribution in [0, 0.1) is 29.6 Å². The first-order valence-electron chi connectivity index (χ1n) is 11.6. The van der Waals surface area contributed by atoms with Crippen LogP contribution in [0.3, 0.4) is 0 Å². The lowest BCUT2D eigenvalue weighted by atomic mass is 9.44. The molecule has 6 heteroatoms. The van der Waals surface area contributed by atoms with Crippen LogP contribution in [-0.4, -0.2) is 18.4 Å². The van der Waals surface area contributed by atoms with Crippen molar-refractivity contribution in [2.75, 3.05) is 6.61 Å². The van der Waals surface area contributed by atoms with Crippen molar-refractivity contribution in [3.05, 3.63) is 52.0 Å². The van der Waals surface area contributed by atoms with Gasteiger partial charge in [-0.3, -0.25) is 9.59 Å². The molecule has 6 rings (SSSR count). The van der Waals surface area contributed by atoms with E-state index in [1.807, 2.05) is 47.3 Å². The van der Waals surface area contributed by atoms with Gasteiger partial charge in [0, 0.05) is 18.9 Å². The first-order chi connectivity index (χ1) is 14.9. The van der Waals surface area contributed by atoms with Crippen LogP contribution in [0.15, 0.2) is 35.8 Å². The first kappa shape index (κ1) is 23.6. The summed E-state index contributed by atoms with van der Waals surface area (Å²) in [5, 5.41) is 0. The number of carbonyl (C=O) groups excluding carboxylic acids is 2. The lowest BCUT2D eigenvalue weighted by molar-refractivity contribution is -0.684. The number of rotatable bonds is 7. The summed E-state index contributed by atoms with van der Waals surface area (Å²) in [5.74, 6) is 1.60. The predicted octanol–water partition coefficient (Wildman–Crippen LogP) is 1.92. The van der Waals surface area contributed by atoms with Crippen molar-refractivity contribution >= 4 is 23.1 Å². The maximum atomic E-state index is 13.2. The van der Waals surface area contributed by atoms with Crippen molar-refractivity contribution in [3.63, 3.8) is 0 Å². The van der Waals surface area contributed by atoms with Crippen LogP contribution in [0.1, 0.15) is 66.4 Å². The summed E-state index contributed by atoms with van der Waals surface area (Å²) < 4.78 is 7.89. The number of ketones is 1. The molecule has 2 atom stereocenters. The number of carbonyl (C=O) groups is 2. The van der Waals surface area contributed by atoms with Crippen LogP contribution in [0.4, 0.5) is 0 Å². The molecule has 4 aliphatic rings. The fraction of sp³-hybridized carbons (Fsp3) is 0.577. The number of halogens is 1. The van der Waals surface area contributed by atoms with Crippen LogP contribution in [0.5, 0.6) is 0 Å². The summed E-state index contributed by atoms with van der Waals surface area (Å²) in [6, 6.07) is 9.42. The number of ether oxygens (including phenoxy) is 1. The molecule has 0 amide bonds. The molecule has 1 aromatic heterocycles. The molecular formula is C26H32BrNO3S. The Morgan fingerprint density at radius 2 is 1.81 bits per heavy atom. The van der Waals surface area contributed by atoms with Crippen LogP contribution >= 0.6 is 11.3 Å². The van der Waals surface area contributed by atoms with Gasteiger partial charge >= 0.3 is 5.97 Å². The number of esters is 1. The SMILES string of the molecule is Cc1c(CCOC(=O)C23CC4CC(CC(C)(C4)C2)C3)sc[n+]1CC(=O)c1ccccc1.[Br-]. The Hall–Kier alpha value is -1.53. The number of thiazole rings is 1. The normalized spacial score (nSPS) is 30.1. The largest absolute Gasteiger partial charge is 1.00 e. The van der Waals surface area contributed by atoms with E-state index in [1.165, 1.54) is 24.1 Å². The van der Waals surface area contributed by atoms with Crippen LogP contribution in [0.25, 0.3) is 0 Å². The molecule has 0 saturated heterocycles. The van der Waals surface area contributed by atoms with Crippen molar-refractivity contribution in [1.29, 1.82) is 0 Å². The maximum absolute atomic E-state index is 13.2. The zero-order valence-electron chi connectivity index (χ0n) is 18.9. The highest BCUT2D eigenvalue weighted by Gasteiger charge is 2.59. The third-order valence-corrected chi connectivity index (χ3v) is 9.06. The van der Waals surface area contributed by atoms with E-state index < -0.39 is 0 Å². The molecule has 32 heavy (non-hydrogen) atoms. The van der Waals surface area contributed by atoms with Crippen molar-refractivity contribution in [2.45, 2.75) is 65.3 Å². The molecule has 2 unspecified atom stereocenters. The van der Waals surface area contributed by atoms with Gasteiger partial charge in [-0.2, -0.15) is 4.57 Å².